The fraction of sp³-hybridized carbons (Fsp3) is 0.320. The topological polar surface area (TPSA) is 79.1 Å². The molecule has 1 aliphatic heterocycles. The Morgan fingerprint density at radius 1 is 1.19 bits per heavy atom. The van der Waals surface area contributed by atoms with Crippen LogP contribution in [0.2, 0.25) is 0 Å². The van der Waals surface area contributed by atoms with Crippen molar-refractivity contribution >= 4 is 17.0 Å². The molecule has 11 heteroatoms. The number of halogens is 4. The predicted molar refractivity (Wildman–Crippen MR) is 127 cm³/mol. The minimum Gasteiger partial charge on any atom is -0.505 e. The van der Waals surface area contributed by atoms with Crippen molar-refractivity contribution in [1.82, 2.24) is 25.1 Å². The fourth-order valence-electron chi connectivity index (χ4n) is 4.66. The van der Waals surface area contributed by atoms with Gasteiger partial charge in [0.2, 0.25) is 5.95 Å². The van der Waals surface area contributed by atoms with E-state index in [1.165, 1.54) is 16.4 Å². The van der Waals surface area contributed by atoms with Crippen LogP contribution in [-0.2, 0) is 19.6 Å². The second-order valence-electron chi connectivity index (χ2n) is 8.88. The normalized spacial score (nSPS) is 16.6. The van der Waals surface area contributed by atoms with Crippen LogP contribution in [0, 0.1) is 12.7 Å². The molecular formula is C25H24F4N6O. The predicted octanol–water partition coefficient (Wildman–Crippen LogP) is 4.22. The molecule has 7 nitrogen and oxygen atoms in total. The first-order chi connectivity index (χ1) is 17.1. The molecule has 188 valence electrons. The molecule has 1 fully saturated rings. The lowest BCUT2D eigenvalue weighted by Crippen LogP contribution is -2.53. The molecular weight excluding hydrogens is 476 g/mol. The molecule has 5 rings (SSSR count). The van der Waals surface area contributed by atoms with Crippen molar-refractivity contribution in [2.75, 3.05) is 24.5 Å². The summed E-state index contributed by atoms with van der Waals surface area (Å²) in [6, 6.07) is 10.8. The van der Waals surface area contributed by atoms with Crippen LogP contribution in [0.25, 0.3) is 22.3 Å². The zero-order valence-electron chi connectivity index (χ0n) is 19.6. The highest BCUT2D eigenvalue weighted by Gasteiger charge is 2.36. The molecule has 0 radical (unpaired) electrons. The molecule has 1 atom stereocenters. The van der Waals surface area contributed by atoms with E-state index in [0.717, 1.165) is 26.4 Å². The Labute approximate surface area is 204 Å². The van der Waals surface area contributed by atoms with E-state index in [9.17, 15) is 22.7 Å². The molecule has 1 aliphatic rings. The minimum atomic E-state index is -4.77. The summed E-state index contributed by atoms with van der Waals surface area (Å²) in [6.07, 6.45) is -2.54. The van der Waals surface area contributed by atoms with Gasteiger partial charge in [-0.3, -0.25) is 0 Å². The molecule has 2 aromatic carbocycles. The molecule has 0 unspecified atom stereocenters. The van der Waals surface area contributed by atoms with Crippen molar-refractivity contribution in [3.05, 3.63) is 65.1 Å². The third-order valence-electron chi connectivity index (χ3n) is 6.54. The van der Waals surface area contributed by atoms with E-state index in [1.807, 2.05) is 18.2 Å². The molecule has 0 amide bonds. The van der Waals surface area contributed by atoms with Crippen LogP contribution in [-0.4, -0.2) is 50.5 Å². The number of hydrogen-bond donors (Lipinski definition) is 2. The molecule has 36 heavy (non-hydrogen) atoms. The number of rotatable bonds is 4. The summed E-state index contributed by atoms with van der Waals surface area (Å²) in [5.74, 6) is -1.77. The quantitative estimate of drug-likeness (QED) is 0.409. The number of aryl methyl sites for hydroxylation is 1. The first kappa shape index (κ1) is 24.0. The molecule has 0 bridgehead atoms. The monoisotopic (exact) mass is 500 g/mol. The Bertz CT molecular complexity index is 1420. The van der Waals surface area contributed by atoms with Crippen LogP contribution >= 0.6 is 0 Å². The van der Waals surface area contributed by atoms with Crippen molar-refractivity contribution in [3.8, 4) is 17.0 Å². The number of benzene rings is 2. The zero-order chi connectivity index (χ0) is 25.6. The highest BCUT2D eigenvalue weighted by atomic mass is 19.4. The Morgan fingerprint density at radius 2 is 1.94 bits per heavy atom. The number of phenols is 1. The van der Waals surface area contributed by atoms with Crippen LogP contribution in [0.15, 0.2) is 42.6 Å². The maximum absolute atomic E-state index is 15.0. The van der Waals surface area contributed by atoms with E-state index in [4.69, 9.17) is 0 Å². The van der Waals surface area contributed by atoms with E-state index in [2.05, 4.69) is 37.4 Å². The first-order valence-corrected chi connectivity index (χ1v) is 11.5. The fourth-order valence-corrected chi connectivity index (χ4v) is 4.66. The van der Waals surface area contributed by atoms with Crippen molar-refractivity contribution in [2.24, 2.45) is 7.05 Å². The number of phenolic OH excluding ortho intramolecular Hbond substituents is 1. The summed E-state index contributed by atoms with van der Waals surface area (Å²) in [7, 11) is 1.58. The van der Waals surface area contributed by atoms with Crippen molar-refractivity contribution in [3.63, 3.8) is 0 Å². The number of aromatic nitrogens is 4. The average molecular weight is 501 g/mol. The van der Waals surface area contributed by atoms with Gasteiger partial charge in [-0.25, -0.2) is 14.1 Å². The van der Waals surface area contributed by atoms with Crippen molar-refractivity contribution < 1.29 is 22.7 Å². The van der Waals surface area contributed by atoms with Gasteiger partial charge in [0.25, 0.3) is 0 Å². The summed E-state index contributed by atoms with van der Waals surface area (Å²) in [6.45, 7) is 3.18. The van der Waals surface area contributed by atoms with Crippen LogP contribution in [0.1, 0.15) is 16.7 Å². The summed E-state index contributed by atoms with van der Waals surface area (Å²) in [4.78, 5) is 11.2. The molecule has 3 heterocycles. The lowest BCUT2D eigenvalue weighted by Gasteiger charge is -2.36. The van der Waals surface area contributed by atoms with Gasteiger partial charge in [-0.05, 0) is 25.0 Å². The highest BCUT2D eigenvalue weighted by Crippen LogP contribution is 2.42. The Hall–Kier alpha value is -3.73. The number of hydrogen-bond acceptors (Lipinski definition) is 6. The van der Waals surface area contributed by atoms with Crippen LogP contribution < -0.4 is 10.2 Å². The van der Waals surface area contributed by atoms with E-state index >= 15 is 0 Å². The van der Waals surface area contributed by atoms with E-state index in [-0.39, 0.29) is 17.1 Å². The SMILES string of the molecule is Cc1c(C(F)(F)F)cc(-c2nn(C)c3nc(N4CCNC[C@H]4Cc4ccccc4)ncc23)c(F)c1O. The molecule has 4 aromatic rings. The zero-order valence-corrected chi connectivity index (χ0v) is 19.6. The molecule has 2 N–H and O–H groups in total. The van der Waals surface area contributed by atoms with E-state index in [1.54, 1.807) is 7.05 Å². The summed E-state index contributed by atoms with van der Waals surface area (Å²) >= 11 is 0. The maximum atomic E-state index is 15.0. The van der Waals surface area contributed by atoms with Gasteiger partial charge < -0.3 is 15.3 Å². The third kappa shape index (κ3) is 4.23. The van der Waals surface area contributed by atoms with Crippen LogP contribution in [0.4, 0.5) is 23.5 Å². The number of anilines is 1. The Kier molecular flexibility index (Phi) is 6.03. The van der Waals surface area contributed by atoms with Gasteiger partial charge in [-0.15, -0.1) is 0 Å². The molecule has 0 spiro atoms. The molecule has 1 saturated heterocycles. The molecule has 0 saturated carbocycles. The minimum absolute atomic E-state index is 0.0708. The third-order valence-corrected chi connectivity index (χ3v) is 6.54. The second-order valence-corrected chi connectivity index (χ2v) is 8.88. The van der Waals surface area contributed by atoms with Crippen molar-refractivity contribution in [1.29, 1.82) is 0 Å². The van der Waals surface area contributed by atoms with E-state index in [0.29, 0.717) is 24.2 Å². The lowest BCUT2D eigenvalue weighted by atomic mass is 9.99. The summed E-state index contributed by atoms with van der Waals surface area (Å²) in [5.41, 5.74) is -0.715. The van der Waals surface area contributed by atoms with Gasteiger partial charge in [0.1, 0.15) is 5.69 Å². The largest absolute Gasteiger partial charge is 0.505 e. The number of fused-ring (bicyclic) bond motifs is 1. The van der Waals surface area contributed by atoms with E-state index < -0.39 is 34.4 Å². The first-order valence-electron chi connectivity index (χ1n) is 11.5. The van der Waals surface area contributed by atoms with Crippen LogP contribution in [0.3, 0.4) is 0 Å². The van der Waals surface area contributed by atoms with Gasteiger partial charge >= 0.3 is 6.18 Å². The van der Waals surface area contributed by atoms with Gasteiger partial charge in [0.05, 0.1) is 10.9 Å². The van der Waals surface area contributed by atoms with Crippen molar-refractivity contribution in [2.45, 2.75) is 25.6 Å². The average Bonchev–Trinajstić information content (AvgIpc) is 3.18. The second kappa shape index (κ2) is 9.05. The molecule has 2 aromatic heterocycles. The number of nitrogens with zero attached hydrogens (tertiary/aromatic N) is 5. The number of aromatic hydroxyl groups is 1. The molecule has 0 aliphatic carbocycles. The van der Waals surface area contributed by atoms with Gasteiger partial charge in [0.15, 0.2) is 17.2 Å². The summed E-state index contributed by atoms with van der Waals surface area (Å²) in [5, 5.41) is 18.0. The standard InChI is InChI=1S/C25H24F4N6O/c1-14-19(25(27,28)29)11-17(20(26)22(14)36)21-18-13-31-24(32-23(18)34(2)33-21)35-9-8-30-12-16(35)10-15-6-4-3-5-7-15/h3-7,11,13,16,30,36H,8-10,12H2,1-2H3/t16-/m1/s1. The number of piperazine rings is 1. The Morgan fingerprint density at radius 3 is 2.67 bits per heavy atom. The maximum Gasteiger partial charge on any atom is 0.416 e. The number of alkyl halides is 3. The number of nitrogens with one attached hydrogen (secondary N) is 1. The summed E-state index contributed by atoms with van der Waals surface area (Å²) < 4.78 is 56.9. The van der Waals surface area contributed by atoms with Gasteiger partial charge in [0, 0.05) is 50.0 Å². The lowest BCUT2D eigenvalue weighted by molar-refractivity contribution is -0.138. The highest BCUT2D eigenvalue weighted by molar-refractivity contribution is 5.92. The Balaban J connectivity index is 1.56. The van der Waals surface area contributed by atoms with Gasteiger partial charge in [-0.1, -0.05) is 30.3 Å². The smallest absolute Gasteiger partial charge is 0.416 e. The van der Waals surface area contributed by atoms with Crippen LogP contribution in [0.5, 0.6) is 5.75 Å². The van der Waals surface area contributed by atoms with Gasteiger partial charge in [-0.2, -0.15) is 23.3 Å².